The van der Waals surface area contributed by atoms with E-state index < -0.39 is 0 Å². The standard InChI is InChI=1S/C10H12N2/c1-3-9-5-10(7-11-4-2)8-12-6-9/h1,5-6,8,11H,4,7H2,2H3. The van der Waals surface area contributed by atoms with Crippen LogP contribution < -0.4 is 5.32 Å². The van der Waals surface area contributed by atoms with Crippen molar-refractivity contribution in [1.29, 1.82) is 0 Å². The molecule has 0 spiro atoms. The zero-order valence-corrected chi connectivity index (χ0v) is 7.17. The van der Waals surface area contributed by atoms with Gasteiger partial charge in [-0.2, -0.15) is 0 Å². The van der Waals surface area contributed by atoms with Crippen LogP contribution in [-0.4, -0.2) is 11.5 Å². The number of pyridine rings is 1. The first-order valence-corrected chi connectivity index (χ1v) is 3.98. The predicted molar refractivity (Wildman–Crippen MR) is 49.6 cm³/mol. The first-order valence-electron chi connectivity index (χ1n) is 3.98. The molecule has 0 aliphatic rings. The van der Waals surface area contributed by atoms with Crippen molar-refractivity contribution in [3.63, 3.8) is 0 Å². The smallest absolute Gasteiger partial charge is 0.0429 e. The van der Waals surface area contributed by atoms with E-state index >= 15 is 0 Å². The number of aromatic nitrogens is 1. The van der Waals surface area contributed by atoms with Gasteiger partial charge in [0.15, 0.2) is 0 Å². The summed E-state index contributed by atoms with van der Waals surface area (Å²) in [7, 11) is 0. The fraction of sp³-hybridized carbons (Fsp3) is 0.300. The Bertz CT molecular complexity index is 286. The second kappa shape index (κ2) is 4.53. The van der Waals surface area contributed by atoms with Gasteiger partial charge in [-0.25, -0.2) is 0 Å². The Kier molecular flexibility index (Phi) is 3.31. The SMILES string of the molecule is C#Cc1cncc(CNCC)c1. The van der Waals surface area contributed by atoms with E-state index in [4.69, 9.17) is 6.42 Å². The van der Waals surface area contributed by atoms with Crippen LogP contribution in [0.25, 0.3) is 0 Å². The molecule has 1 rings (SSSR count). The second-order valence-corrected chi connectivity index (χ2v) is 2.51. The molecule has 0 bridgehead atoms. The van der Waals surface area contributed by atoms with Crippen LogP contribution in [0.5, 0.6) is 0 Å². The van der Waals surface area contributed by atoms with Crippen molar-refractivity contribution in [2.24, 2.45) is 0 Å². The van der Waals surface area contributed by atoms with Gasteiger partial charge in [-0.05, 0) is 18.2 Å². The first-order chi connectivity index (χ1) is 5.86. The second-order valence-electron chi connectivity index (χ2n) is 2.51. The highest BCUT2D eigenvalue weighted by atomic mass is 14.8. The molecule has 0 aliphatic heterocycles. The van der Waals surface area contributed by atoms with Crippen molar-refractivity contribution >= 4 is 0 Å². The molecule has 0 aromatic carbocycles. The normalized spacial score (nSPS) is 9.33. The average Bonchev–Trinajstić information content (AvgIpc) is 2.15. The summed E-state index contributed by atoms with van der Waals surface area (Å²) < 4.78 is 0. The van der Waals surface area contributed by atoms with Gasteiger partial charge in [-0.3, -0.25) is 4.98 Å². The van der Waals surface area contributed by atoms with E-state index in [-0.39, 0.29) is 0 Å². The quantitative estimate of drug-likeness (QED) is 0.671. The number of hydrogen-bond donors (Lipinski definition) is 1. The third-order valence-electron chi connectivity index (χ3n) is 1.54. The fourth-order valence-corrected chi connectivity index (χ4v) is 0.933. The highest BCUT2D eigenvalue weighted by Gasteiger charge is 1.92. The van der Waals surface area contributed by atoms with Crippen LogP contribution in [0.2, 0.25) is 0 Å². The molecule has 12 heavy (non-hydrogen) atoms. The lowest BCUT2D eigenvalue weighted by molar-refractivity contribution is 0.724. The predicted octanol–water partition coefficient (Wildman–Crippen LogP) is 1.17. The first kappa shape index (κ1) is 8.76. The number of nitrogens with zero attached hydrogens (tertiary/aromatic N) is 1. The van der Waals surface area contributed by atoms with E-state index in [1.165, 1.54) is 0 Å². The van der Waals surface area contributed by atoms with Crippen molar-refractivity contribution < 1.29 is 0 Å². The molecule has 0 saturated carbocycles. The highest BCUT2D eigenvalue weighted by molar-refractivity contribution is 5.31. The molecule has 62 valence electrons. The van der Waals surface area contributed by atoms with Crippen molar-refractivity contribution in [1.82, 2.24) is 10.3 Å². The molecule has 1 aromatic rings. The van der Waals surface area contributed by atoms with Gasteiger partial charge < -0.3 is 5.32 Å². The number of hydrogen-bond acceptors (Lipinski definition) is 2. The average molecular weight is 160 g/mol. The Balaban J connectivity index is 2.68. The summed E-state index contributed by atoms with van der Waals surface area (Å²) in [5.74, 6) is 2.55. The monoisotopic (exact) mass is 160 g/mol. The van der Waals surface area contributed by atoms with Crippen LogP contribution in [0.3, 0.4) is 0 Å². The summed E-state index contributed by atoms with van der Waals surface area (Å²) in [6.45, 7) is 3.86. The molecule has 0 fully saturated rings. The van der Waals surface area contributed by atoms with Crippen molar-refractivity contribution in [3.05, 3.63) is 29.6 Å². The molecule has 1 heterocycles. The molecule has 0 saturated heterocycles. The molecular formula is C10H12N2. The molecule has 0 atom stereocenters. The van der Waals surface area contributed by atoms with Gasteiger partial charge in [0.2, 0.25) is 0 Å². The third kappa shape index (κ3) is 2.37. The van der Waals surface area contributed by atoms with E-state index in [9.17, 15) is 0 Å². The van der Waals surface area contributed by atoms with Crippen LogP contribution in [0.4, 0.5) is 0 Å². The van der Waals surface area contributed by atoms with Gasteiger partial charge in [0, 0.05) is 24.5 Å². The van der Waals surface area contributed by atoms with Crippen LogP contribution in [0.1, 0.15) is 18.1 Å². The lowest BCUT2D eigenvalue weighted by atomic mass is 10.2. The fourth-order valence-electron chi connectivity index (χ4n) is 0.933. The Morgan fingerprint density at radius 2 is 2.42 bits per heavy atom. The van der Waals surface area contributed by atoms with Crippen molar-refractivity contribution in [2.45, 2.75) is 13.5 Å². The zero-order valence-electron chi connectivity index (χ0n) is 7.17. The maximum atomic E-state index is 5.24. The molecule has 0 radical (unpaired) electrons. The van der Waals surface area contributed by atoms with Gasteiger partial charge in [-0.1, -0.05) is 12.8 Å². The lowest BCUT2D eigenvalue weighted by Gasteiger charge is -2.00. The number of terminal acetylenes is 1. The molecule has 1 aromatic heterocycles. The number of rotatable bonds is 3. The summed E-state index contributed by atoms with van der Waals surface area (Å²) >= 11 is 0. The Hall–Kier alpha value is -1.33. The summed E-state index contributed by atoms with van der Waals surface area (Å²) in [6.07, 6.45) is 8.75. The van der Waals surface area contributed by atoms with Gasteiger partial charge in [-0.15, -0.1) is 6.42 Å². The summed E-state index contributed by atoms with van der Waals surface area (Å²) in [4.78, 5) is 4.03. The van der Waals surface area contributed by atoms with Gasteiger partial charge in [0.05, 0.1) is 0 Å². The molecule has 2 heteroatoms. The maximum absolute atomic E-state index is 5.24. The lowest BCUT2D eigenvalue weighted by Crippen LogP contribution is -2.11. The van der Waals surface area contributed by atoms with E-state index in [1.807, 2.05) is 12.3 Å². The molecular weight excluding hydrogens is 148 g/mol. The largest absolute Gasteiger partial charge is 0.313 e. The van der Waals surface area contributed by atoms with Crippen LogP contribution in [-0.2, 0) is 6.54 Å². The topological polar surface area (TPSA) is 24.9 Å². The Morgan fingerprint density at radius 3 is 3.08 bits per heavy atom. The molecule has 2 nitrogen and oxygen atoms in total. The molecule has 0 unspecified atom stereocenters. The van der Waals surface area contributed by atoms with Gasteiger partial charge >= 0.3 is 0 Å². The van der Waals surface area contributed by atoms with E-state index in [2.05, 4.69) is 23.1 Å². The van der Waals surface area contributed by atoms with Gasteiger partial charge in [0.1, 0.15) is 0 Å². The molecule has 1 N–H and O–H groups in total. The molecule has 0 aliphatic carbocycles. The van der Waals surface area contributed by atoms with Crippen LogP contribution >= 0.6 is 0 Å². The highest BCUT2D eigenvalue weighted by Crippen LogP contribution is 2.00. The van der Waals surface area contributed by atoms with Crippen LogP contribution in [0, 0.1) is 12.3 Å². The van der Waals surface area contributed by atoms with Crippen molar-refractivity contribution in [2.75, 3.05) is 6.54 Å². The van der Waals surface area contributed by atoms with Crippen LogP contribution in [0.15, 0.2) is 18.5 Å². The maximum Gasteiger partial charge on any atom is 0.0429 e. The summed E-state index contributed by atoms with van der Waals surface area (Å²) in [6, 6.07) is 1.97. The Morgan fingerprint density at radius 1 is 1.58 bits per heavy atom. The summed E-state index contributed by atoms with van der Waals surface area (Å²) in [5.41, 5.74) is 1.97. The minimum Gasteiger partial charge on any atom is -0.313 e. The number of nitrogens with one attached hydrogen (secondary N) is 1. The zero-order chi connectivity index (χ0) is 8.81. The Labute approximate surface area is 73.0 Å². The minimum absolute atomic E-state index is 0.832. The van der Waals surface area contributed by atoms with Crippen molar-refractivity contribution in [3.8, 4) is 12.3 Å². The van der Waals surface area contributed by atoms with E-state index in [1.54, 1.807) is 6.20 Å². The van der Waals surface area contributed by atoms with E-state index in [0.717, 1.165) is 24.2 Å². The minimum atomic E-state index is 0.832. The third-order valence-corrected chi connectivity index (χ3v) is 1.54. The van der Waals surface area contributed by atoms with Gasteiger partial charge in [0.25, 0.3) is 0 Å². The molecule has 0 amide bonds. The summed E-state index contributed by atoms with van der Waals surface area (Å²) in [5, 5.41) is 3.21. The van der Waals surface area contributed by atoms with E-state index in [0.29, 0.717) is 0 Å².